The number of fused-ring (bicyclic) bond motifs is 1. The molecule has 0 radical (unpaired) electrons. The second-order valence-corrected chi connectivity index (χ2v) is 6.12. The van der Waals surface area contributed by atoms with Crippen molar-refractivity contribution < 1.29 is 14.0 Å². The van der Waals surface area contributed by atoms with Gasteiger partial charge in [0.25, 0.3) is 0 Å². The van der Waals surface area contributed by atoms with E-state index in [0.717, 1.165) is 16.7 Å². The molecule has 3 heterocycles. The molecule has 1 aliphatic rings. The third-order valence-electron chi connectivity index (χ3n) is 4.42. The van der Waals surface area contributed by atoms with Crippen LogP contribution in [0.5, 0.6) is 0 Å². The summed E-state index contributed by atoms with van der Waals surface area (Å²) in [6, 6.07) is 13.0. The summed E-state index contributed by atoms with van der Waals surface area (Å²) in [5.74, 6) is 0.173. The van der Waals surface area contributed by atoms with E-state index >= 15 is 0 Å². The fraction of sp³-hybridized carbons (Fsp3) is 0.211. The number of carbonyl (C=O) groups excluding carboxylic acids is 2. The Morgan fingerprint density at radius 2 is 2.16 bits per heavy atom. The highest BCUT2D eigenvalue weighted by Gasteiger charge is 2.34. The molecule has 0 bridgehead atoms. The minimum absolute atomic E-state index is 0.0314. The Balaban J connectivity index is 1.47. The molecule has 0 spiro atoms. The van der Waals surface area contributed by atoms with Crippen LogP contribution in [0.1, 0.15) is 12.2 Å². The summed E-state index contributed by atoms with van der Waals surface area (Å²) in [5.41, 5.74) is 1.54. The van der Waals surface area contributed by atoms with E-state index in [-0.39, 0.29) is 24.2 Å². The molecule has 2 aromatic heterocycles. The second-order valence-electron chi connectivity index (χ2n) is 6.12. The van der Waals surface area contributed by atoms with Crippen molar-refractivity contribution in [2.75, 3.05) is 11.9 Å². The van der Waals surface area contributed by atoms with Crippen LogP contribution in [0.2, 0.25) is 0 Å². The van der Waals surface area contributed by atoms with Crippen LogP contribution in [0.15, 0.2) is 59.3 Å². The molecular weight excluding hydrogens is 318 g/mol. The summed E-state index contributed by atoms with van der Waals surface area (Å²) in [7, 11) is 0. The number of anilines is 1. The number of carbonyl (C=O) groups is 2. The SMILES string of the molecule is O=C(Nc1cccc2ncccc12)[C@H]1CC(=O)N(Cc2ccco2)C1. The summed E-state index contributed by atoms with van der Waals surface area (Å²) in [4.78, 5) is 30.7. The smallest absolute Gasteiger partial charge is 0.229 e. The van der Waals surface area contributed by atoms with Gasteiger partial charge in [0.2, 0.25) is 11.8 Å². The van der Waals surface area contributed by atoms with E-state index in [9.17, 15) is 9.59 Å². The molecule has 1 aromatic carbocycles. The molecule has 2 amide bonds. The summed E-state index contributed by atoms with van der Waals surface area (Å²) in [5, 5.41) is 3.83. The van der Waals surface area contributed by atoms with Gasteiger partial charge in [-0.2, -0.15) is 0 Å². The minimum atomic E-state index is -0.366. The van der Waals surface area contributed by atoms with E-state index < -0.39 is 0 Å². The molecule has 6 heteroatoms. The molecule has 0 saturated carbocycles. The molecule has 1 fully saturated rings. The third kappa shape index (κ3) is 3.10. The average Bonchev–Trinajstić information content (AvgIpc) is 3.26. The van der Waals surface area contributed by atoms with Crippen molar-refractivity contribution in [3.63, 3.8) is 0 Å². The zero-order valence-electron chi connectivity index (χ0n) is 13.5. The van der Waals surface area contributed by atoms with Gasteiger partial charge >= 0.3 is 0 Å². The van der Waals surface area contributed by atoms with Crippen LogP contribution in [-0.2, 0) is 16.1 Å². The molecule has 6 nitrogen and oxygen atoms in total. The monoisotopic (exact) mass is 335 g/mol. The van der Waals surface area contributed by atoms with Crippen molar-refractivity contribution in [3.8, 4) is 0 Å². The molecule has 1 N–H and O–H groups in total. The van der Waals surface area contributed by atoms with Gasteiger partial charge in [-0.3, -0.25) is 14.6 Å². The van der Waals surface area contributed by atoms with E-state index in [1.807, 2.05) is 36.4 Å². The number of likely N-dealkylation sites (tertiary alicyclic amines) is 1. The first-order valence-corrected chi connectivity index (χ1v) is 8.15. The minimum Gasteiger partial charge on any atom is -0.467 e. The third-order valence-corrected chi connectivity index (χ3v) is 4.42. The zero-order valence-corrected chi connectivity index (χ0v) is 13.5. The van der Waals surface area contributed by atoms with E-state index in [1.165, 1.54) is 0 Å². The van der Waals surface area contributed by atoms with E-state index in [2.05, 4.69) is 10.3 Å². The van der Waals surface area contributed by atoms with Crippen molar-refractivity contribution in [1.82, 2.24) is 9.88 Å². The number of hydrogen-bond acceptors (Lipinski definition) is 4. The molecule has 1 atom stereocenters. The van der Waals surface area contributed by atoms with Gasteiger partial charge in [-0.05, 0) is 36.4 Å². The van der Waals surface area contributed by atoms with Gasteiger partial charge in [0, 0.05) is 24.5 Å². The number of pyridine rings is 1. The molecule has 1 aliphatic heterocycles. The molecule has 0 unspecified atom stereocenters. The number of hydrogen-bond donors (Lipinski definition) is 1. The Labute approximate surface area is 144 Å². The fourth-order valence-electron chi connectivity index (χ4n) is 3.14. The first kappa shape index (κ1) is 15.4. The number of aromatic nitrogens is 1. The Hall–Kier alpha value is -3.15. The van der Waals surface area contributed by atoms with Gasteiger partial charge in [0.15, 0.2) is 0 Å². The van der Waals surface area contributed by atoms with E-state index in [4.69, 9.17) is 4.42 Å². The summed E-state index contributed by atoms with van der Waals surface area (Å²) in [6.45, 7) is 0.794. The Morgan fingerprint density at radius 1 is 1.24 bits per heavy atom. The van der Waals surface area contributed by atoms with Gasteiger partial charge in [0.1, 0.15) is 5.76 Å². The molecule has 4 rings (SSSR count). The molecule has 1 saturated heterocycles. The Kier molecular flexibility index (Phi) is 3.93. The maximum atomic E-state index is 12.6. The lowest BCUT2D eigenvalue weighted by Gasteiger charge is -2.15. The number of amides is 2. The van der Waals surface area contributed by atoms with Crippen LogP contribution in [0, 0.1) is 5.92 Å². The summed E-state index contributed by atoms with van der Waals surface area (Å²) >= 11 is 0. The average molecular weight is 335 g/mol. The van der Waals surface area contributed by atoms with Gasteiger partial charge in [-0.1, -0.05) is 6.07 Å². The van der Waals surface area contributed by atoms with Crippen molar-refractivity contribution in [2.24, 2.45) is 5.92 Å². The van der Waals surface area contributed by atoms with Gasteiger partial charge in [0.05, 0.1) is 29.9 Å². The van der Waals surface area contributed by atoms with Crippen molar-refractivity contribution >= 4 is 28.4 Å². The van der Waals surface area contributed by atoms with Gasteiger partial charge in [-0.25, -0.2) is 0 Å². The fourth-order valence-corrected chi connectivity index (χ4v) is 3.14. The molecule has 0 aliphatic carbocycles. The normalized spacial score (nSPS) is 17.2. The Morgan fingerprint density at radius 3 is 3.00 bits per heavy atom. The topological polar surface area (TPSA) is 75.4 Å². The quantitative estimate of drug-likeness (QED) is 0.795. The van der Waals surface area contributed by atoms with Crippen LogP contribution >= 0.6 is 0 Å². The van der Waals surface area contributed by atoms with E-state index in [0.29, 0.717) is 18.8 Å². The summed E-state index contributed by atoms with van der Waals surface area (Å²) in [6.07, 6.45) is 3.51. The van der Waals surface area contributed by atoms with Crippen LogP contribution in [0.3, 0.4) is 0 Å². The van der Waals surface area contributed by atoms with Crippen LogP contribution in [-0.4, -0.2) is 28.2 Å². The highest BCUT2D eigenvalue weighted by atomic mass is 16.3. The molecule has 3 aromatic rings. The number of furan rings is 1. The van der Waals surface area contributed by atoms with Gasteiger partial charge < -0.3 is 14.6 Å². The predicted molar refractivity (Wildman–Crippen MR) is 92.6 cm³/mol. The zero-order chi connectivity index (χ0) is 17.2. The number of nitrogens with zero attached hydrogens (tertiary/aromatic N) is 2. The molecular formula is C19H17N3O3. The van der Waals surface area contributed by atoms with E-state index in [1.54, 1.807) is 23.4 Å². The maximum absolute atomic E-state index is 12.6. The first-order valence-electron chi connectivity index (χ1n) is 8.15. The second kappa shape index (κ2) is 6.39. The lowest BCUT2D eigenvalue weighted by Crippen LogP contribution is -2.27. The van der Waals surface area contributed by atoms with Crippen LogP contribution in [0.25, 0.3) is 10.9 Å². The summed E-state index contributed by atoms with van der Waals surface area (Å²) < 4.78 is 5.28. The Bertz CT molecular complexity index is 915. The molecule has 25 heavy (non-hydrogen) atoms. The molecule has 126 valence electrons. The number of nitrogens with one attached hydrogen (secondary N) is 1. The van der Waals surface area contributed by atoms with Crippen molar-refractivity contribution in [1.29, 1.82) is 0 Å². The first-order chi connectivity index (χ1) is 12.2. The standard InChI is InChI=1S/C19H17N3O3/c23-18-10-13(11-22(18)12-14-4-3-9-25-14)19(24)21-17-7-1-6-16-15(17)5-2-8-20-16/h1-9,13H,10-12H2,(H,21,24)/t13-/m0/s1. The number of rotatable bonds is 4. The van der Waals surface area contributed by atoms with Crippen molar-refractivity contribution in [3.05, 3.63) is 60.7 Å². The lowest BCUT2D eigenvalue weighted by atomic mass is 10.1. The van der Waals surface area contributed by atoms with Gasteiger partial charge in [-0.15, -0.1) is 0 Å². The lowest BCUT2D eigenvalue weighted by molar-refractivity contribution is -0.128. The highest BCUT2D eigenvalue weighted by molar-refractivity contribution is 6.03. The highest BCUT2D eigenvalue weighted by Crippen LogP contribution is 2.25. The maximum Gasteiger partial charge on any atom is 0.229 e. The number of benzene rings is 1. The largest absolute Gasteiger partial charge is 0.467 e. The van der Waals surface area contributed by atoms with Crippen LogP contribution in [0.4, 0.5) is 5.69 Å². The van der Waals surface area contributed by atoms with Crippen LogP contribution < -0.4 is 5.32 Å². The van der Waals surface area contributed by atoms with Crippen molar-refractivity contribution in [2.45, 2.75) is 13.0 Å². The predicted octanol–water partition coefficient (Wildman–Crippen LogP) is 2.82.